The van der Waals surface area contributed by atoms with Crippen molar-refractivity contribution in [3.8, 4) is 55.6 Å². The van der Waals surface area contributed by atoms with Crippen molar-refractivity contribution in [2.75, 3.05) is 4.90 Å². The molecule has 0 fully saturated rings. The number of fused-ring (bicyclic) bond motifs is 5. The fourth-order valence-corrected chi connectivity index (χ4v) is 10.2. The van der Waals surface area contributed by atoms with Crippen molar-refractivity contribution < 1.29 is 0 Å². The minimum Gasteiger partial charge on any atom is -0.310 e. The van der Waals surface area contributed by atoms with Crippen LogP contribution in [0.4, 0.5) is 17.1 Å². The second-order valence-electron chi connectivity index (χ2n) is 17.3. The van der Waals surface area contributed by atoms with Crippen LogP contribution in [0.2, 0.25) is 0 Å². The fourth-order valence-electron chi connectivity index (χ4n) is 10.2. The van der Waals surface area contributed by atoms with E-state index in [1.807, 2.05) is 0 Å². The van der Waals surface area contributed by atoms with E-state index in [-0.39, 0.29) is 10.8 Å². The predicted molar refractivity (Wildman–Crippen MR) is 250 cm³/mol. The molecule has 9 aromatic rings. The predicted octanol–water partition coefficient (Wildman–Crippen LogP) is 15.9. The first kappa shape index (κ1) is 35.2. The Hall–Kier alpha value is -6.96. The van der Waals surface area contributed by atoms with Crippen molar-refractivity contribution >= 4 is 27.8 Å². The van der Waals surface area contributed by atoms with Gasteiger partial charge < -0.3 is 4.90 Å². The summed E-state index contributed by atoms with van der Waals surface area (Å²) in [6.07, 6.45) is 0. The van der Waals surface area contributed by atoms with Crippen molar-refractivity contribution in [3.63, 3.8) is 0 Å². The summed E-state index contributed by atoms with van der Waals surface area (Å²) in [5.74, 6) is 0. The summed E-state index contributed by atoms with van der Waals surface area (Å²) in [7, 11) is 0. The highest BCUT2D eigenvalue weighted by Crippen LogP contribution is 2.53. The van der Waals surface area contributed by atoms with Crippen LogP contribution < -0.4 is 4.90 Å². The van der Waals surface area contributed by atoms with Gasteiger partial charge in [0.15, 0.2) is 0 Å². The van der Waals surface area contributed by atoms with Gasteiger partial charge in [-0.25, -0.2) is 0 Å². The molecule has 282 valence electrons. The zero-order valence-corrected chi connectivity index (χ0v) is 34.0. The third-order valence-electron chi connectivity index (χ3n) is 13.3. The Bertz CT molecular complexity index is 3060. The normalized spacial score (nSPS) is 14.0. The van der Waals surface area contributed by atoms with Gasteiger partial charge >= 0.3 is 0 Å². The summed E-state index contributed by atoms with van der Waals surface area (Å²) in [4.78, 5) is 2.41. The maximum atomic E-state index is 2.45. The van der Waals surface area contributed by atoms with E-state index in [0.717, 1.165) is 17.1 Å². The average Bonchev–Trinajstić information content (AvgIpc) is 3.51. The quantitative estimate of drug-likeness (QED) is 0.163. The van der Waals surface area contributed by atoms with Crippen LogP contribution in [0, 0.1) is 0 Å². The summed E-state index contributed by atoms with van der Waals surface area (Å²) in [5, 5.41) is 2.67. The molecule has 0 aromatic heterocycles. The van der Waals surface area contributed by atoms with Gasteiger partial charge in [-0.1, -0.05) is 185 Å². The molecule has 0 spiro atoms. The van der Waals surface area contributed by atoms with Gasteiger partial charge in [0.25, 0.3) is 0 Å². The zero-order valence-electron chi connectivity index (χ0n) is 34.0. The molecule has 11 rings (SSSR count). The van der Waals surface area contributed by atoms with Gasteiger partial charge in [-0.2, -0.15) is 0 Å². The van der Waals surface area contributed by atoms with Gasteiger partial charge in [-0.15, -0.1) is 0 Å². The monoisotopic (exact) mass is 755 g/mol. The Kier molecular flexibility index (Phi) is 7.94. The highest BCUT2D eigenvalue weighted by atomic mass is 15.1. The van der Waals surface area contributed by atoms with Gasteiger partial charge in [0.05, 0.1) is 0 Å². The number of hydrogen-bond donors (Lipinski definition) is 0. The van der Waals surface area contributed by atoms with Gasteiger partial charge in [-0.3, -0.25) is 0 Å². The van der Waals surface area contributed by atoms with Crippen LogP contribution in [0.3, 0.4) is 0 Å². The second kappa shape index (κ2) is 13.3. The summed E-state index contributed by atoms with van der Waals surface area (Å²) in [6.45, 7) is 9.50. The van der Waals surface area contributed by atoms with E-state index in [0.29, 0.717) is 0 Å². The number of nitrogens with zero attached hydrogens (tertiary/aromatic N) is 1. The Morgan fingerprint density at radius 3 is 1.51 bits per heavy atom. The minimum absolute atomic E-state index is 0.0945. The van der Waals surface area contributed by atoms with Crippen molar-refractivity contribution in [2.45, 2.75) is 38.5 Å². The summed E-state index contributed by atoms with van der Waals surface area (Å²) in [5.41, 5.74) is 21.4. The van der Waals surface area contributed by atoms with Crippen LogP contribution in [-0.2, 0) is 10.8 Å². The number of benzene rings is 9. The Balaban J connectivity index is 1.01. The second-order valence-corrected chi connectivity index (χ2v) is 17.3. The van der Waals surface area contributed by atoms with Gasteiger partial charge in [-0.05, 0) is 131 Å². The third kappa shape index (κ3) is 5.53. The summed E-state index contributed by atoms with van der Waals surface area (Å²) >= 11 is 0. The molecule has 0 unspecified atom stereocenters. The van der Waals surface area contributed by atoms with E-state index in [1.54, 1.807) is 0 Å². The summed E-state index contributed by atoms with van der Waals surface area (Å²) in [6, 6.07) is 74.2. The molecule has 2 aliphatic rings. The molecule has 59 heavy (non-hydrogen) atoms. The lowest BCUT2D eigenvalue weighted by Gasteiger charge is -2.36. The molecular formula is C58H45N. The van der Waals surface area contributed by atoms with E-state index in [4.69, 9.17) is 0 Å². The largest absolute Gasteiger partial charge is 0.310 e. The average molecular weight is 756 g/mol. The molecule has 0 amide bonds. The molecule has 1 nitrogen and oxygen atoms in total. The van der Waals surface area contributed by atoms with Crippen molar-refractivity contribution in [1.29, 1.82) is 0 Å². The molecule has 0 saturated heterocycles. The Labute approximate surface area is 347 Å². The van der Waals surface area contributed by atoms with Gasteiger partial charge in [0.2, 0.25) is 0 Å². The first-order valence-corrected chi connectivity index (χ1v) is 20.8. The van der Waals surface area contributed by atoms with E-state index < -0.39 is 0 Å². The standard InChI is InChI=1S/C58H45N/c1-57(2)51-20-12-11-19-48(51)49-35-32-46(37-54(49)57)59(44-28-22-39(23-29-44)38-14-7-5-8-15-38)45-30-24-40(25-31-45)43-27-34-50-53(36-43)58(3,4)52-21-13-18-42-26-33-47(56(50)55(42)52)41-16-9-6-10-17-41/h5-37H,1-4H3. The van der Waals surface area contributed by atoms with Crippen LogP contribution in [0.5, 0.6) is 0 Å². The van der Waals surface area contributed by atoms with Crippen LogP contribution in [0.15, 0.2) is 200 Å². The first-order valence-electron chi connectivity index (χ1n) is 20.8. The van der Waals surface area contributed by atoms with E-state index >= 15 is 0 Å². The minimum atomic E-state index is -0.170. The first-order chi connectivity index (χ1) is 28.8. The topological polar surface area (TPSA) is 3.24 Å². The zero-order chi connectivity index (χ0) is 39.9. The lowest BCUT2D eigenvalue weighted by Crippen LogP contribution is -2.24. The van der Waals surface area contributed by atoms with Crippen LogP contribution in [0.25, 0.3) is 66.4 Å². The van der Waals surface area contributed by atoms with Crippen molar-refractivity contribution in [2.24, 2.45) is 0 Å². The Morgan fingerprint density at radius 1 is 0.305 bits per heavy atom. The number of anilines is 3. The maximum Gasteiger partial charge on any atom is 0.0465 e. The molecule has 0 aliphatic heterocycles. The Morgan fingerprint density at radius 2 is 0.797 bits per heavy atom. The van der Waals surface area contributed by atoms with Crippen LogP contribution in [0.1, 0.15) is 49.9 Å². The molecule has 0 saturated carbocycles. The third-order valence-corrected chi connectivity index (χ3v) is 13.3. The molecule has 1 heteroatoms. The molecular weight excluding hydrogens is 711 g/mol. The smallest absolute Gasteiger partial charge is 0.0465 e. The lowest BCUT2D eigenvalue weighted by atomic mass is 9.67. The molecule has 2 aliphatic carbocycles. The molecule has 0 bridgehead atoms. The molecule has 0 heterocycles. The molecule has 9 aromatic carbocycles. The fraction of sp³-hybridized carbons (Fsp3) is 0.103. The van der Waals surface area contributed by atoms with Gasteiger partial charge in [0, 0.05) is 27.9 Å². The van der Waals surface area contributed by atoms with Crippen LogP contribution >= 0.6 is 0 Å². The molecule has 0 radical (unpaired) electrons. The van der Waals surface area contributed by atoms with E-state index in [9.17, 15) is 0 Å². The van der Waals surface area contributed by atoms with Crippen molar-refractivity contribution in [3.05, 3.63) is 222 Å². The number of rotatable bonds is 6. The SMILES string of the molecule is CC1(C)c2ccccc2-c2ccc(N(c3ccc(-c4ccccc4)cc3)c3ccc(-c4ccc5c(c4)C(C)(C)c4cccc6ccc(-c7ccccc7)c-5c46)cc3)cc21. The molecule has 0 atom stereocenters. The number of hydrogen-bond acceptors (Lipinski definition) is 1. The highest BCUT2D eigenvalue weighted by molar-refractivity contribution is 6.09. The summed E-state index contributed by atoms with van der Waals surface area (Å²) < 4.78 is 0. The van der Waals surface area contributed by atoms with E-state index in [1.165, 1.54) is 88.7 Å². The maximum absolute atomic E-state index is 2.45. The molecule has 0 N–H and O–H groups in total. The van der Waals surface area contributed by atoms with E-state index in [2.05, 4.69) is 233 Å². The lowest BCUT2D eigenvalue weighted by molar-refractivity contribution is 0.645. The highest BCUT2D eigenvalue weighted by Gasteiger charge is 2.37. The van der Waals surface area contributed by atoms with Gasteiger partial charge in [0.1, 0.15) is 0 Å². The van der Waals surface area contributed by atoms with Crippen molar-refractivity contribution in [1.82, 2.24) is 0 Å². The van der Waals surface area contributed by atoms with Crippen LogP contribution in [-0.4, -0.2) is 0 Å².